The number of hydrogen-bond donors (Lipinski definition) is 1. The van der Waals surface area contributed by atoms with E-state index >= 15 is 0 Å². The van der Waals surface area contributed by atoms with Gasteiger partial charge in [-0.25, -0.2) is 9.78 Å². The number of benzene rings is 1. The lowest BCUT2D eigenvalue weighted by Crippen LogP contribution is -1.97. The van der Waals surface area contributed by atoms with Gasteiger partial charge in [-0.05, 0) is 37.6 Å². The normalized spacial score (nSPS) is 11.5. The SMILES string of the molecule is CCn1c(/C=C/C(=O)O)nc2c(C)cc(Br)cc21. The van der Waals surface area contributed by atoms with Crippen molar-refractivity contribution in [2.24, 2.45) is 0 Å². The van der Waals surface area contributed by atoms with Crippen LogP contribution in [0.15, 0.2) is 22.7 Å². The minimum absolute atomic E-state index is 0.663. The third-order valence-corrected chi connectivity index (χ3v) is 3.19. The maximum atomic E-state index is 10.6. The van der Waals surface area contributed by atoms with Crippen LogP contribution in [-0.2, 0) is 11.3 Å². The van der Waals surface area contributed by atoms with E-state index in [4.69, 9.17) is 5.11 Å². The zero-order chi connectivity index (χ0) is 13.3. The van der Waals surface area contributed by atoms with Crippen LogP contribution in [-0.4, -0.2) is 20.6 Å². The van der Waals surface area contributed by atoms with Gasteiger partial charge < -0.3 is 9.67 Å². The molecule has 0 saturated carbocycles. The minimum atomic E-state index is -0.970. The van der Waals surface area contributed by atoms with E-state index in [9.17, 15) is 4.79 Å². The molecule has 0 spiro atoms. The lowest BCUT2D eigenvalue weighted by Gasteiger charge is -2.03. The van der Waals surface area contributed by atoms with Crippen molar-refractivity contribution in [1.29, 1.82) is 0 Å². The molecule has 0 unspecified atom stereocenters. The molecule has 94 valence electrons. The number of rotatable bonds is 3. The van der Waals surface area contributed by atoms with Crippen molar-refractivity contribution in [3.05, 3.63) is 34.1 Å². The van der Waals surface area contributed by atoms with Crippen LogP contribution in [0.4, 0.5) is 0 Å². The number of aromatic nitrogens is 2. The summed E-state index contributed by atoms with van der Waals surface area (Å²) >= 11 is 3.46. The van der Waals surface area contributed by atoms with Gasteiger partial charge >= 0.3 is 5.97 Å². The van der Waals surface area contributed by atoms with Crippen LogP contribution in [0.1, 0.15) is 18.3 Å². The minimum Gasteiger partial charge on any atom is -0.478 e. The highest BCUT2D eigenvalue weighted by Crippen LogP contribution is 2.25. The second-order valence-electron chi connectivity index (χ2n) is 3.98. The van der Waals surface area contributed by atoms with Gasteiger partial charge in [0.2, 0.25) is 0 Å². The Morgan fingerprint density at radius 3 is 2.89 bits per heavy atom. The van der Waals surface area contributed by atoms with Crippen LogP contribution in [0.25, 0.3) is 17.1 Å². The number of halogens is 1. The maximum Gasteiger partial charge on any atom is 0.328 e. The molecule has 0 saturated heterocycles. The average molecular weight is 309 g/mol. The monoisotopic (exact) mass is 308 g/mol. The molecular weight excluding hydrogens is 296 g/mol. The molecule has 0 atom stereocenters. The second-order valence-corrected chi connectivity index (χ2v) is 4.89. The van der Waals surface area contributed by atoms with Crippen molar-refractivity contribution in [2.75, 3.05) is 0 Å². The number of aryl methyl sites for hydroxylation is 2. The molecule has 1 N–H and O–H groups in total. The Balaban J connectivity index is 2.68. The standard InChI is InChI=1S/C13H13BrN2O2/c1-3-16-10-7-9(14)6-8(2)13(10)15-11(16)4-5-12(17)18/h4-7H,3H2,1-2H3,(H,17,18)/b5-4+. The Bertz CT molecular complexity index is 644. The molecule has 0 fully saturated rings. The van der Waals surface area contributed by atoms with E-state index in [1.165, 1.54) is 6.08 Å². The number of carboxylic acids is 1. The van der Waals surface area contributed by atoms with E-state index in [-0.39, 0.29) is 0 Å². The lowest BCUT2D eigenvalue weighted by molar-refractivity contribution is -0.131. The number of nitrogens with zero attached hydrogens (tertiary/aromatic N) is 2. The molecule has 1 aromatic heterocycles. The van der Waals surface area contributed by atoms with Crippen molar-refractivity contribution in [3.8, 4) is 0 Å². The Kier molecular flexibility index (Phi) is 3.52. The van der Waals surface area contributed by atoms with Crippen LogP contribution in [0.5, 0.6) is 0 Å². The summed E-state index contributed by atoms with van der Waals surface area (Å²) in [5.74, 6) is -0.307. The fourth-order valence-corrected chi connectivity index (χ4v) is 2.53. The van der Waals surface area contributed by atoms with Crippen LogP contribution in [0, 0.1) is 6.92 Å². The van der Waals surface area contributed by atoms with Gasteiger partial charge in [0.1, 0.15) is 5.82 Å². The first-order valence-electron chi connectivity index (χ1n) is 5.60. The van der Waals surface area contributed by atoms with E-state index in [2.05, 4.69) is 20.9 Å². The zero-order valence-electron chi connectivity index (χ0n) is 10.1. The van der Waals surface area contributed by atoms with Gasteiger partial charge in [0, 0.05) is 17.1 Å². The summed E-state index contributed by atoms with van der Waals surface area (Å²) in [6, 6.07) is 4.00. The molecule has 1 heterocycles. The smallest absolute Gasteiger partial charge is 0.328 e. The summed E-state index contributed by atoms with van der Waals surface area (Å²) < 4.78 is 2.99. The summed E-state index contributed by atoms with van der Waals surface area (Å²) in [5, 5.41) is 8.68. The van der Waals surface area contributed by atoms with Crippen molar-refractivity contribution in [3.63, 3.8) is 0 Å². The highest BCUT2D eigenvalue weighted by Gasteiger charge is 2.10. The first kappa shape index (κ1) is 12.8. The predicted molar refractivity (Wildman–Crippen MR) is 74.5 cm³/mol. The van der Waals surface area contributed by atoms with E-state index in [0.29, 0.717) is 5.82 Å². The van der Waals surface area contributed by atoms with Crippen LogP contribution in [0.2, 0.25) is 0 Å². The molecule has 0 amide bonds. The fraction of sp³-hybridized carbons (Fsp3) is 0.231. The number of imidazole rings is 1. The molecule has 2 rings (SSSR count). The zero-order valence-corrected chi connectivity index (χ0v) is 11.7. The number of hydrogen-bond acceptors (Lipinski definition) is 2. The summed E-state index contributed by atoms with van der Waals surface area (Å²) in [7, 11) is 0. The molecule has 2 aromatic rings. The van der Waals surface area contributed by atoms with Gasteiger partial charge in [0.15, 0.2) is 0 Å². The van der Waals surface area contributed by atoms with E-state index in [1.54, 1.807) is 0 Å². The van der Waals surface area contributed by atoms with E-state index < -0.39 is 5.97 Å². The molecule has 18 heavy (non-hydrogen) atoms. The lowest BCUT2D eigenvalue weighted by atomic mass is 10.2. The largest absolute Gasteiger partial charge is 0.478 e. The van der Waals surface area contributed by atoms with E-state index in [0.717, 1.165) is 33.7 Å². The van der Waals surface area contributed by atoms with Gasteiger partial charge in [0.25, 0.3) is 0 Å². The molecule has 0 aliphatic heterocycles. The number of carbonyl (C=O) groups is 1. The molecule has 4 nitrogen and oxygen atoms in total. The Morgan fingerprint density at radius 2 is 2.28 bits per heavy atom. The molecule has 1 aromatic carbocycles. The van der Waals surface area contributed by atoms with Gasteiger partial charge in [-0.1, -0.05) is 15.9 Å². The Morgan fingerprint density at radius 1 is 1.56 bits per heavy atom. The fourth-order valence-electron chi connectivity index (χ4n) is 1.97. The quantitative estimate of drug-likeness (QED) is 0.886. The molecule has 0 aliphatic carbocycles. The predicted octanol–water partition coefficient (Wildman–Crippen LogP) is 3.22. The Labute approximate surface area is 113 Å². The van der Waals surface area contributed by atoms with Gasteiger partial charge in [-0.2, -0.15) is 0 Å². The summed E-state index contributed by atoms with van der Waals surface area (Å²) in [4.78, 5) is 15.1. The number of fused-ring (bicyclic) bond motifs is 1. The highest BCUT2D eigenvalue weighted by molar-refractivity contribution is 9.10. The third kappa shape index (κ3) is 2.31. The van der Waals surface area contributed by atoms with Crippen molar-refractivity contribution < 1.29 is 9.90 Å². The van der Waals surface area contributed by atoms with Crippen molar-refractivity contribution in [1.82, 2.24) is 9.55 Å². The van der Waals surface area contributed by atoms with Gasteiger partial charge in [-0.3, -0.25) is 0 Å². The summed E-state index contributed by atoms with van der Waals surface area (Å²) in [5.41, 5.74) is 2.98. The first-order valence-corrected chi connectivity index (χ1v) is 6.39. The van der Waals surface area contributed by atoms with Crippen LogP contribution >= 0.6 is 15.9 Å². The summed E-state index contributed by atoms with van der Waals surface area (Å²) in [6.45, 7) is 4.74. The number of carboxylic acid groups (broad SMARTS) is 1. The molecule has 0 bridgehead atoms. The van der Waals surface area contributed by atoms with Crippen molar-refractivity contribution in [2.45, 2.75) is 20.4 Å². The second kappa shape index (κ2) is 4.94. The number of aliphatic carboxylic acids is 1. The molecule has 0 aliphatic rings. The molecule has 0 radical (unpaired) electrons. The first-order chi connectivity index (χ1) is 8.52. The Hall–Kier alpha value is -1.62. The highest BCUT2D eigenvalue weighted by atomic mass is 79.9. The summed E-state index contributed by atoms with van der Waals surface area (Å²) in [6.07, 6.45) is 2.64. The van der Waals surface area contributed by atoms with Crippen LogP contribution in [0.3, 0.4) is 0 Å². The van der Waals surface area contributed by atoms with E-state index in [1.807, 2.05) is 30.5 Å². The maximum absolute atomic E-state index is 10.6. The van der Waals surface area contributed by atoms with Gasteiger partial charge in [-0.15, -0.1) is 0 Å². The van der Waals surface area contributed by atoms with Crippen molar-refractivity contribution >= 4 is 39.0 Å². The van der Waals surface area contributed by atoms with Crippen LogP contribution < -0.4 is 0 Å². The third-order valence-electron chi connectivity index (χ3n) is 2.73. The topological polar surface area (TPSA) is 55.1 Å². The average Bonchev–Trinajstić information content (AvgIpc) is 2.64. The van der Waals surface area contributed by atoms with Gasteiger partial charge in [0.05, 0.1) is 11.0 Å². The molecule has 5 heteroatoms. The molecular formula is C13H13BrN2O2.